The second-order valence-corrected chi connectivity index (χ2v) is 14.1. The van der Waals surface area contributed by atoms with Crippen LogP contribution in [0.3, 0.4) is 0 Å². The maximum Gasteiger partial charge on any atom is 0.264 e. The highest BCUT2D eigenvalue weighted by atomic mass is 35.5. The van der Waals surface area contributed by atoms with E-state index >= 15 is 0 Å². The largest absolute Gasteiger partial charge is 0.352 e. The van der Waals surface area contributed by atoms with Gasteiger partial charge in [0.1, 0.15) is 12.6 Å². The van der Waals surface area contributed by atoms with Crippen molar-refractivity contribution in [1.82, 2.24) is 10.2 Å². The molecule has 0 bridgehead atoms. The fraction of sp³-hybridized carbons (Fsp3) is 0.278. The molecule has 10 heteroatoms. The third kappa shape index (κ3) is 8.69. The molecule has 46 heavy (non-hydrogen) atoms. The highest BCUT2D eigenvalue weighted by Crippen LogP contribution is 2.30. The molecular formula is C36H39Cl2N3O4S. The van der Waals surface area contributed by atoms with E-state index < -0.39 is 28.5 Å². The van der Waals surface area contributed by atoms with Crippen molar-refractivity contribution in [1.29, 1.82) is 0 Å². The second-order valence-electron chi connectivity index (χ2n) is 11.4. The van der Waals surface area contributed by atoms with Gasteiger partial charge in [-0.1, -0.05) is 102 Å². The number of carbonyl (C=O) groups excluding carboxylic acids is 2. The molecule has 0 unspecified atom stereocenters. The number of rotatable bonds is 13. The van der Waals surface area contributed by atoms with E-state index in [9.17, 15) is 18.0 Å². The summed E-state index contributed by atoms with van der Waals surface area (Å²) in [6.07, 6.45) is 0.902. The molecule has 0 aromatic heterocycles. The van der Waals surface area contributed by atoms with Crippen molar-refractivity contribution in [3.63, 3.8) is 0 Å². The first kappa shape index (κ1) is 35.0. The maximum absolute atomic E-state index is 14.6. The van der Waals surface area contributed by atoms with Crippen LogP contribution in [0.4, 0.5) is 5.69 Å². The molecule has 0 fully saturated rings. The van der Waals surface area contributed by atoms with E-state index in [1.54, 1.807) is 55.5 Å². The number of nitrogens with zero attached hydrogens (tertiary/aromatic N) is 2. The minimum absolute atomic E-state index is 0.0170. The van der Waals surface area contributed by atoms with Gasteiger partial charge in [0.2, 0.25) is 11.8 Å². The van der Waals surface area contributed by atoms with Crippen LogP contribution in [0.1, 0.15) is 42.5 Å². The van der Waals surface area contributed by atoms with Crippen LogP contribution in [-0.4, -0.2) is 43.8 Å². The van der Waals surface area contributed by atoms with Gasteiger partial charge >= 0.3 is 0 Å². The Labute approximate surface area is 282 Å². The number of halogens is 2. The lowest BCUT2D eigenvalue weighted by Gasteiger charge is -2.34. The lowest BCUT2D eigenvalue weighted by molar-refractivity contribution is -0.140. The molecule has 0 radical (unpaired) electrons. The minimum atomic E-state index is -4.25. The van der Waals surface area contributed by atoms with Crippen molar-refractivity contribution in [3.05, 3.63) is 129 Å². The zero-order valence-corrected chi connectivity index (χ0v) is 28.7. The molecule has 0 aliphatic rings. The van der Waals surface area contributed by atoms with Crippen LogP contribution in [0, 0.1) is 13.8 Å². The summed E-state index contributed by atoms with van der Waals surface area (Å²) in [7, 11) is -4.25. The maximum atomic E-state index is 14.6. The number of aryl methyl sites for hydroxylation is 2. The first-order chi connectivity index (χ1) is 21.9. The fourth-order valence-corrected chi connectivity index (χ4v) is 6.84. The zero-order chi connectivity index (χ0) is 33.4. The van der Waals surface area contributed by atoms with Gasteiger partial charge in [-0.15, -0.1) is 0 Å². The number of benzene rings is 4. The standard InChI is InChI=1S/C36H39Cl2N3O4S/c1-5-27(4)39-36(43)34(21-28-11-7-6-8-12-28)40(23-29-13-9-10-14-32(29)38)35(42)24-41(33-22-30(37)18-17-26(33)3)46(44,45)31-19-15-25(2)16-20-31/h6-20,22,27,34H,5,21,23-24H2,1-4H3,(H,39,43)/t27-,34+/m1/s1. The van der Waals surface area contributed by atoms with Crippen molar-refractivity contribution in [3.8, 4) is 0 Å². The molecule has 0 spiro atoms. The number of hydrogen-bond acceptors (Lipinski definition) is 4. The molecule has 0 aliphatic heterocycles. The number of sulfonamides is 1. The molecule has 4 aromatic rings. The molecular weight excluding hydrogens is 641 g/mol. The van der Waals surface area contributed by atoms with Gasteiger partial charge in [0.15, 0.2) is 0 Å². The average Bonchev–Trinajstić information content (AvgIpc) is 3.04. The normalized spacial score (nSPS) is 12.7. The van der Waals surface area contributed by atoms with Crippen molar-refractivity contribution in [2.24, 2.45) is 0 Å². The molecule has 0 heterocycles. The molecule has 7 nitrogen and oxygen atoms in total. The number of hydrogen-bond donors (Lipinski definition) is 1. The molecule has 2 amide bonds. The van der Waals surface area contributed by atoms with Crippen LogP contribution < -0.4 is 9.62 Å². The molecule has 0 saturated heterocycles. The van der Waals surface area contributed by atoms with Crippen LogP contribution in [0.2, 0.25) is 10.0 Å². The quantitative estimate of drug-likeness (QED) is 0.160. The SMILES string of the molecule is CC[C@@H](C)NC(=O)[C@H](Cc1ccccc1)N(Cc1ccccc1Cl)C(=O)CN(c1cc(Cl)ccc1C)S(=O)(=O)c1ccc(C)cc1. The van der Waals surface area contributed by atoms with Gasteiger partial charge in [-0.3, -0.25) is 13.9 Å². The van der Waals surface area contributed by atoms with E-state index in [0.29, 0.717) is 27.6 Å². The summed E-state index contributed by atoms with van der Waals surface area (Å²) in [5.41, 5.74) is 3.24. The Morgan fingerprint density at radius 3 is 2.17 bits per heavy atom. The van der Waals surface area contributed by atoms with Crippen molar-refractivity contribution >= 4 is 50.7 Å². The molecule has 4 aromatic carbocycles. The van der Waals surface area contributed by atoms with Crippen LogP contribution in [0.15, 0.2) is 102 Å². The van der Waals surface area contributed by atoms with Crippen molar-refractivity contribution in [2.75, 3.05) is 10.8 Å². The number of nitrogens with one attached hydrogen (secondary N) is 1. The summed E-state index contributed by atoms with van der Waals surface area (Å²) >= 11 is 12.9. The first-order valence-electron chi connectivity index (χ1n) is 15.1. The van der Waals surface area contributed by atoms with Crippen LogP contribution >= 0.6 is 23.2 Å². The second kappa shape index (κ2) is 15.6. The Morgan fingerprint density at radius 2 is 1.52 bits per heavy atom. The van der Waals surface area contributed by atoms with Crippen molar-refractivity contribution < 1.29 is 18.0 Å². The van der Waals surface area contributed by atoms with Crippen molar-refractivity contribution in [2.45, 2.75) is 64.1 Å². The molecule has 0 saturated carbocycles. The third-order valence-electron chi connectivity index (χ3n) is 7.90. The van der Waals surface area contributed by atoms with Gasteiger partial charge in [-0.05, 0) is 74.2 Å². The van der Waals surface area contributed by atoms with Crippen LogP contribution in [-0.2, 0) is 32.6 Å². The topological polar surface area (TPSA) is 86.8 Å². The first-order valence-corrected chi connectivity index (χ1v) is 17.3. The monoisotopic (exact) mass is 679 g/mol. The number of carbonyl (C=O) groups is 2. The molecule has 1 N–H and O–H groups in total. The summed E-state index contributed by atoms with van der Waals surface area (Å²) in [6.45, 7) is 6.89. The zero-order valence-electron chi connectivity index (χ0n) is 26.4. The minimum Gasteiger partial charge on any atom is -0.352 e. The molecule has 242 valence electrons. The van der Waals surface area contributed by atoms with E-state index in [1.165, 1.54) is 23.1 Å². The predicted molar refractivity (Wildman–Crippen MR) is 186 cm³/mol. The Hall–Kier alpha value is -3.85. The van der Waals surface area contributed by atoms with E-state index in [0.717, 1.165) is 15.4 Å². The summed E-state index contributed by atoms with van der Waals surface area (Å²) in [5, 5.41) is 3.78. The Morgan fingerprint density at radius 1 is 0.870 bits per heavy atom. The van der Waals surface area contributed by atoms with E-state index in [-0.39, 0.29) is 35.5 Å². The van der Waals surface area contributed by atoms with Gasteiger partial charge in [0.25, 0.3) is 10.0 Å². The van der Waals surface area contributed by atoms with Gasteiger partial charge < -0.3 is 10.2 Å². The summed E-state index contributed by atoms with van der Waals surface area (Å²) in [6, 6.07) is 26.7. The highest BCUT2D eigenvalue weighted by molar-refractivity contribution is 7.92. The van der Waals surface area contributed by atoms with Gasteiger partial charge in [-0.2, -0.15) is 0 Å². The summed E-state index contributed by atoms with van der Waals surface area (Å²) < 4.78 is 29.6. The molecule has 4 rings (SSSR count). The third-order valence-corrected chi connectivity index (χ3v) is 10.3. The van der Waals surface area contributed by atoms with Gasteiger partial charge in [0.05, 0.1) is 10.6 Å². The lowest BCUT2D eigenvalue weighted by atomic mass is 10.0. The fourth-order valence-electron chi connectivity index (χ4n) is 5.01. The summed E-state index contributed by atoms with van der Waals surface area (Å²) in [4.78, 5) is 30.0. The highest BCUT2D eigenvalue weighted by Gasteiger charge is 2.35. The average molecular weight is 681 g/mol. The summed E-state index contributed by atoms with van der Waals surface area (Å²) in [5.74, 6) is -0.916. The predicted octanol–water partition coefficient (Wildman–Crippen LogP) is 7.36. The van der Waals surface area contributed by atoms with E-state index in [4.69, 9.17) is 23.2 Å². The Balaban J connectivity index is 1.85. The lowest BCUT2D eigenvalue weighted by Crippen LogP contribution is -2.54. The van der Waals surface area contributed by atoms with Crippen LogP contribution in [0.25, 0.3) is 0 Å². The number of amides is 2. The molecule has 2 atom stereocenters. The Bertz CT molecular complexity index is 1770. The van der Waals surface area contributed by atoms with E-state index in [1.807, 2.05) is 51.1 Å². The smallest absolute Gasteiger partial charge is 0.264 e. The van der Waals surface area contributed by atoms with Crippen LogP contribution in [0.5, 0.6) is 0 Å². The Kier molecular flexibility index (Phi) is 11.9. The van der Waals surface area contributed by atoms with E-state index in [2.05, 4.69) is 5.32 Å². The van der Waals surface area contributed by atoms with Gasteiger partial charge in [0, 0.05) is 29.1 Å². The molecule has 0 aliphatic carbocycles. The number of anilines is 1. The van der Waals surface area contributed by atoms with Gasteiger partial charge in [-0.25, -0.2) is 8.42 Å².